The fourth-order valence-electron chi connectivity index (χ4n) is 1.43. The minimum absolute atomic E-state index is 0.0808. The molecule has 0 aliphatic rings. The minimum atomic E-state index is -4.72. The van der Waals surface area contributed by atoms with E-state index < -0.39 is 38.3 Å². The van der Waals surface area contributed by atoms with E-state index in [2.05, 4.69) is 5.32 Å². The monoisotopic (exact) mass is 327 g/mol. The summed E-state index contributed by atoms with van der Waals surface area (Å²) in [5.74, 6) is 0. The Morgan fingerprint density at radius 2 is 1.95 bits per heavy atom. The van der Waals surface area contributed by atoms with Gasteiger partial charge in [-0.1, -0.05) is 0 Å². The second-order valence-electron chi connectivity index (χ2n) is 3.91. The minimum Gasteiger partial charge on any atom is -0.380 e. The van der Waals surface area contributed by atoms with E-state index in [-0.39, 0.29) is 5.69 Å². The highest BCUT2D eigenvalue weighted by Crippen LogP contribution is 2.27. The molecule has 11 heteroatoms. The van der Waals surface area contributed by atoms with Crippen LogP contribution in [0.1, 0.15) is 6.92 Å². The Morgan fingerprint density at radius 1 is 1.33 bits per heavy atom. The zero-order valence-electron chi connectivity index (χ0n) is 10.8. The molecule has 1 aromatic rings. The summed E-state index contributed by atoms with van der Waals surface area (Å²) in [6, 6.07) is 2.82. The Balaban J connectivity index is 3.13. The molecule has 0 atom stereocenters. The third-order valence-electron chi connectivity index (χ3n) is 2.31. The van der Waals surface area contributed by atoms with Gasteiger partial charge in [0.2, 0.25) is 10.0 Å². The summed E-state index contributed by atoms with van der Waals surface area (Å²) in [7, 11) is -4.48. The molecule has 0 aromatic heterocycles. The van der Waals surface area contributed by atoms with Crippen molar-refractivity contribution in [3.63, 3.8) is 0 Å². The van der Waals surface area contributed by atoms with Gasteiger partial charge in [-0.3, -0.25) is 10.1 Å². The molecule has 7 nitrogen and oxygen atoms in total. The maximum absolute atomic E-state index is 12.0. The van der Waals surface area contributed by atoms with Crippen molar-refractivity contribution in [1.29, 1.82) is 0 Å². The van der Waals surface area contributed by atoms with Gasteiger partial charge < -0.3 is 5.32 Å². The van der Waals surface area contributed by atoms with Gasteiger partial charge in [0, 0.05) is 12.6 Å². The van der Waals surface area contributed by atoms with Crippen LogP contribution >= 0.6 is 0 Å². The number of hydrogen-bond donors (Lipinski definition) is 2. The number of anilines is 1. The number of alkyl halides is 3. The van der Waals surface area contributed by atoms with E-state index in [0.29, 0.717) is 12.6 Å². The smallest absolute Gasteiger partial charge is 0.380 e. The van der Waals surface area contributed by atoms with E-state index in [1.807, 2.05) is 0 Å². The summed E-state index contributed by atoms with van der Waals surface area (Å²) in [5.41, 5.74) is -0.455. The van der Waals surface area contributed by atoms with E-state index in [1.54, 1.807) is 6.92 Å². The molecular weight excluding hydrogens is 315 g/mol. The predicted octanol–water partition coefficient (Wildman–Crippen LogP) is 1.87. The third kappa shape index (κ3) is 4.86. The summed E-state index contributed by atoms with van der Waals surface area (Å²) < 4.78 is 60.8. The highest BCUT2D eigenvalue weighted by atomic mass is 32.2. The number of nitro groups is 1. The van der Waals surface area contributed by atoms with Crippen LogP contribution < -0.4 is 10.0 Å². The van der Waals surface area contributed by atoms with Gasteiger partial charge >= 0.3 is 6.18 Å². The van der Waals surface area contributed by atoms with Crippen molar-refractivity contribution in [2.24, 2.45) is 0 Å². The Bertz CT molecular complexity index is 631. The van der Waals surface area contributed by atoms with Crippen LogP contribution in [0.4, 0.5) is 24.5 Å². The number of halogens is 3. The molecule has 0 spiro atoms. The Kier molecular flexibility index (Phi) is 5.12. The first-order valence-electron chi connectivity index (χ1n) is 5.65. The first kappa shape index (κ1) is 17.2. The molecule has 0 saturated carbocycles. The lowest BCUT2D eigenvalue weighted by Crippen LogP contribution is -2.33. The van der Waals surface area contributed by atoms with Crippen molar-refractivity contribution in [1.82, 2.24) is 4.72 Å². The maximum Gasteiger partial charge on any atom is 0.402 e. The van der Waals surface area contributed by atoms with E-state index in [4.69, 9.17) is 0 Å². The van der Waals surface area contributed by atoms with Crippen molar-refractivity contribution in [3.8, 4) is 0 Å². The van der Waals surface area contributed by atoms with Crippen molar-refractivity contribution in [2.75, 3.05) is 18.4 Å². The SMILES string of the molecule is CCNc1ccc(S(=O)(=O)NCC(F)(F)F)cc1[N+](=O)[O-]. The topological polar surface area (TPSA) is 101 Å². The lowest BCUT2D eigenvalue weighted by atomic mass is 10.2. The molecule has 1 aromatic carbocycles. The molecular formula is C10H12F3N3O4S. The van der Waals surface area contributed by atoms with Crippen LogP contribution in [-0.2, 0) is 10.0 Å². The summed E-state index contributed by atoms with van der Waals surface area (Å²) in [5, 5.41) is 13.5. The highest BCUT2D eigenvalue weighted by molar-refractivity contribution is 7.89. The third-order valence-corrected chi connectivity index (χ3v) is 3.70. The molecule has 1 rings (SSSR count). The largest absolute Gasteiger partial charge is 0.402 e. The zero-order chi connectivity index (χ0) is 16.3. The summed E-state index contributed by atoms with van der Waals surface area (Å²) >= 11 is 0. The lowest BCUT2D eigenvalue weighted by Gasteiger charge is -2.10. The molecule has 0 aliphatic heterocycles. The zero-order valence-corrected chi connectivity index (χ0v) is 11.6. The van der Waals surface area contributed by atoms with Crippen molar-refractivity contribution in [3.05, 3.63) is 28.3 Å². The number of nitro benzene ring substituents is 1. The van der Waals surface area contributed by atoms with Gasteiger partial charge in [-0.05, 0) is 19.1 Å². The molecule has 118 valence electrons. The normalized spacial score (nSPS) is 12.2. The summed E-state index contributed by atoms with van der Waals surface area (Å²) in [4.78, 5) is 9.43. The molecule has 0 radical (unpaired) electrons. The Labute approximate surface area is 118 Å². The molecule has 0 bridgehead atoms. The van der Waals surface area contributed by atoms with Crippen LogP contribution in [0.2, 0.25) is 0 Å². The van der Waals surface area contributed by atoms with Crippen molar-refractivity contribution < 1.29 is 26.5 Å². The van der Waals surface area contributed by atoms with Crippen molar-refractivity contribution >= 4 is 21.4 Å². The predicted molar refractivity (Wildman–Crippen MR) is 68.5 cm³/mol. The van der Waals surface area contributed by atoms with Crippen molar-refractivity contribution in [2.45, 2.75) is 18.0 Å². The lowest BCUT2D eigenvalue weighted by molar-refractivity contribution is -0.384. The van der Waals surface area contributed by atoms with Gasteiger partial charge in [0.25, 0.3) is 5.69 Å². The number of nitrogens with one attached hydrogen (secondary N) is 2. The fraction of sp³-hybridized carbons (Fsp3) is 0.400. The number of hydrogen-bond acceptors (Lipinski definition) is 5. The second-order valence-corrected chi connectivity index (χ2v) is 5.67. The van der Waals surface area contributed by atoms with Crippen LogP contribution in [-0.4, -0.2) is 32.6 Å². The Morgan fingerprint density at radius 3 is 2.43 bits per heavy atom. The summed E-state index contributed by atoms with van der Waals surface area (Å²) in [6.45, 7) is 0.288. The van der Waals surface area contributed by atoms with Crippen LogP contribution in [0.15, 0.2) is 23.1 Å². The standard InChI is InChI=1S/C10H12F3N3O4S/c1-2-14-8-4-3-7(5-9(8)16(17)18)21(19,20)15-6-10(11,12)13/h3-5,14-15H,2,6H2,1H3. The first-order chi connectivity index (χ1) is 9.57. The van der Waals surface area contributed by atoms with Gasteiger partial charge in [-0.2, -0.15) is 13.2 Å². The fourth-order valence-corrected chi connectivity index (χ4v) is 2.46. The van der Waals surface area contributed by atoms with Gasteiger partial charge in [-0.25, -0.2) is 13.1 Å². The quantitative estimate of drug-likeness (QED) is 0.613. The summed E-state index contributed by atoms with van der Waals surface area (Å²) in [6.07, 6.45) is -4.72. The highest BCUT2D eigenvalue weighted by Gasteiger charge is 2.30. The van der Waals surface area contributed by atoms with E-state index in [9.17, 15) is 31.7 Å². The van der Waals surface area contributed by atoms with Crippen LogP contribution in [0.3, 0.4) is 0 Å². The molecule has 0 amide bonds. The van der Waals surface area contributed by atoms with Crippen LogP contribution in [0.5, 0.6) is 0 Å². The molecule has 0 heterocycles. The van der Waals surface area contributed by atoms with Gasteiger partial charge in [-0.15, -0.1) is 0 Å². The number of rotatable bonds is 6. The average molecular weight is 327 g/mol. The molecule has 21 heavy (non-hydrogen) atoms. The number of sulfonamides is 1. The maximum atomic E-state index is 12.0. The first-order valence-corrected chi connectivity index (χ1v) is 7.14. The van der Waals surface area contributed by atoms with Gasteiger partial charge in [0.15, 0.2) is 0 Å². The Hall–Kier alpha value is -1.88. The molecule has 0 aliphatic carbocycles. The van der Waals surface area contributed by atoms with Crippen LogP contribution in [0.25, 0.3) is 0 Å². The van der Waals surface area contributed by atoms with Gasteiger partial charge in [0.05, 0.1) is 9.82 Å². The average Bonchev–Trinajstić information content (AvgIpc) is 2.36. The number of nitrogens with zero attached hydrogens (tertiary/aromatic N) is 1. The molecule has 0 unspecified atom stereocenters. The second kappa shape index (κ2) is 6.26. The van der Waals surface area contributed by atoms with Crippen LogP contribution in [0, 0.1) is 10.1 Å². The molecule has 2 N–H and O–H groups in total. The molecule has 0 fully saturated rings. The van der Waals surface area contributed by atoms with E-state index in [1.165, 1.54) is 4.72 Å². The van der Waals surface area contributed by atoms with E-state index >= 15 is 0 Å². The van der Waals surface area contributed by atoms with E-state index in [0.717, 1.165) is 12.1 Å². The molecule has 0 saturated heterocycles. The number of benzene rings is 1. The van der Waals surface area contributed by atoms with Gasteiger partial charge in [0.1, 0.15) is 12.2 Å².